The van der Waals surface area contributed by atoms with Crippen LogP contribution in [0.3, 0.4) is 0 Å². The predicted octanol–water partition coefficient (Wildman–Crippen LogP) is 2.89. The van der Waals surface area contributed by atoms with Crippen molar-refractivity contribution in [1.29, 1.82) is 0 Å². The first-order chi connectivity index (χ1) is 8.74. The van der Waals surface area contributed by atoms with Crippen LogP contribution in [0.4, 0.5) is 0 Å². The quantitative estimate of drug-likeness (QED) is 0.799. The second-order valence-corrected chi connectivity index (χ2v) is 4.62. The highest BCUT2D eigenvalue weighted by Gasteiger charge is 2.25. The van der Waals surface area contributed by atoms with Gasteiger partial charge in [-0.2, -0.15) is 0 Å². The fraction of sp³-hybridized carbons (Fsp3) is 0.188. The summed E-state index contributed by atoms with van der Waals surface area (Å²) in [5.41, 5.74) is 1.95. The Morgan fingerprint density at radius 1 is 1.00 bits per heavy atom. The Bertz CT molecular complexity index is 495. The molecule has 2 rings (SSSR count). The third-order valence-corrected chi connectivity index (χ3v) is 3.19. The molecule has 2 aromatic carbocycles. The zero-order chi connectivity index (χ0) is 12.8. The topological polar surface area (TPSA) is 29.1 Å². The molecule has 0 bridgehead atoms. The maximum Gasteiger partial charge on any atom is 0.207 e. The Hall–Kier alpha value is -2.09. The minimum atomic E-state index is -0.371. The average molecular weight is 239 g/mol. The maximum atomic E-state index is 10.9. The van der Waals surface area contributed by atoms with Crippen molar-refractivity contribution in [3.05, 3.63) is 71.8 Å². The first-order valence-electron chi connectivity index (χ1n) is 6.05. The van der Waals surface area contributed by atoms with Crippen molar-refractivity contribution in [2.75, 3.05) is 0 Å². The summed E-state index contributed by atoms with van der Waals surface area (Å²) < 4.78 is 0. The van der Waals surface area contributed by atoms with Crippen LogP contribution in [-0.2, 0) is 16.8 Å². The summed E-state index contributed by atoms with van der Waals surface area (Å²) in [6.45, 7) is 2.05. The monoisotopic (exact) mass is 239 g/mol. The molecule has 0 aliphatic carbocycles. The Balaban J connectivity index is 2.30. The van der Waals surface area contributed by atoms with Crippen LogP contribution in [-0.4, -0.2) is 6.41 Å². The number of rotatable bonds is 5. The maximum absolute atomic E-state index is 10.9. The van der Waals surface area contributed by atoms with E-state index >= 15 is 0 Å². The van der Waals surface area contributed by atoms with Gasteiger partial charge in [-0.05, 0) is 24.5 Å². The molecule has 0 spiro atoms. The van der Waals surface area contributed by atoms with Crippen LogP contribution in [0.2, 0.25) is 0 Å². The number of hydrogen-bond donors (Lipinski definition) is 1. The molecule has 0 saturated carbocycles. The Morgan fingerprint density at radius 3 is 2.11 bits per heavy atom. The van der Waals surface area contributed by atoms with Crippen LogP contribution in [0.5, 0.6) is 0 Å². The summed E-state index contributed by atoms with van der Waals surface area (Å²) in [4.78, 5) is 10.9. The van der Waals surface area contributed by atoms with E-state index in [1.165, 1.54) is 5.56 Å². The van der Waals surface area contributed by atoms with Gasteiger partial charge in [0, 0.05) is 0 Å². The molecule has 18 heavy (non-hydrogen) atoms. The molecule has 0 aliphatic heterocycles. The van der Waals surface area contributed by atoms with E-state index in [1.807, 2.05) is 55.5 Å². The summed E-state index contributed by atoms with van der Waals surface area (Å²) in [6.07, 6.45) is 1.55. The molecule has 0 unspecified atom stereocenters. The molecule has 1 atom stereocenters. The van der Waals surface area contributed by atoms with E-state index in [2.05, 4.69) is 17.4 Å². The molecule has 0 fully saturated rings. The first kappa shape index (κ1) is 12.4. The highest BCUT2D eigenvalue weighted by molar-refractivity contribution is 5.50. The first-order valence-corrected chi connectivity index (χ1v) is 6.05. The van der Waals surface area contributed by atoms with Gasteiger partial charge in [0.15, 0.2) is 0 Å². The molecule has 0 aliphatic rings. The van der Waals surface area contributed by atoms with Gasteiger partial charge in [0.2, 0.25) is 6.41 Å². The molecule has 2 nitrogen and oxygen atoms in total. The zero-order valence-electron chi connectivity index (χ0n) is 10.5. The lowest BCUT2D eigenvalue weighted by Crippen LogP contribution is -2.40. The Morgan fingerprint density at radius 2 is 1.56 bits per heavy atom. The molecule has 2 heteroatoms. The highest BCUT2D eigenvalue weighted by atomic mass is 16.1. The Kier molecular flexibility index (Phi) is 3.78. The van der Waals surface area contributed by atoms with E-state index in [0.29, 0.717) is 0 Å². The van der Waals surface area contributed by atoms with Gasteiger partial charge in [-0.25, -0.2) is 0 Å². The fourth-order valence-corrected chi connectivity index (χ4v) is 2.18. The fourth-order valence-electron chi connectivity index (χ4n) is 2.18. The molecule has 2 aromatic rings. The lowest BCUT2D eigenvalue weighted by molar-refractivity contribution is -0.111. The van der Waals surface area contributed by atoms with E-state index in [1.54, 1.807) is 0 Å². The van der Waals surface area contributed by atoms with Gasteiger partial charge in [-0.3, -0.25) is 4.79 Å². The lowest BCUT2D eigenvalue weighted by Gasteiger charge is -2.30. The van der Waals surface area contributed by atoms with E-state index in [0.717, 1.165) is 18.4 Å². The summed E-state index contributed by atoms with van der Waals surface area (Å²) >= 11 is 0. The summed E-state index contributed by atoms with van der Waals surface area (Å²) in [5, 5.41) is 2.94. The van der Waals surface area contributed by atoms with Gasteiger partial charge in [0.05, 0.1) is 5.54 Å². The minimum absolute atomic E-state index is 0.371. The number of hydrogen-bond acceptors (Lipinski definition) is 1. The second kappa shape index (κ2) is 5.50. The van der Waals surface area contributed by atoms with Crippen molar-refractivity contribution in [3.8, 4) is 0 Å². The molecular weight excluding hydrogens is 222 g/mol. The molecular formula is C16H17NO. The predicted molar refractivity (Wildman–Crippen MR) is 73.1 cm³/mol. The SMILES string of the molecule is C[C@](Cc1ccccc1)(NC=O)c1ccccc1. The molecule has 92 valence electrons. The van der Waals surface area contributed by atoms with Gasteiger partial charge in [-0.15, -0.1) is 0 Å². The van der Waals surface area contributed by atoms with Crippen molar-refractivity contribution in [2.24, 2.45) is 0 Å². The van der Waals surface area contributed by atoms with Gasteiger partial charge >= 0.3 is 0 Å². The van der Waals surface area contributed by atoms with Gasteiger partial charge in [0.1, 0.15) is 0 Å². The summed E-state index contributed by atoms with van der Waals surface area (Å²) in [5.74, 6) is 0. The van der Waals surface area contributed by atoms with Crippen LogP contribution in [0.15, 0.2) is 60.7 Å². The van der Waals surface area contributed by atoms with Crippen LogP contribution in [0.1, 0.15) is 18.1 Å². The molecule has 0 aromatic heterocycles. The number of benzene rings is 2. The number of carbonyl (C=O) groups excluding carboxylic acids is 1. The van der Waals surface area contributed by atoms with Crippen molar-refractivity contribution in [3.63, 3.8) is 0 Å². The van der Waals surface area contributed by atoms with Crippen molar-refractivity contribution in [1.82, 2.24) is 5.32 Å². The largest absolute Gasteiger partial charge is 0.349 e. The van der Waals surface area contributed by atoms with Crippen molar-refractivity contribution < 1.29 is 4.79 Å². The third-order valence-electron chi connectivity index (χ3n) is 3.19. The van der Waals surface area contributed by atoms with E-state index in [4.69, 9.17) is 0 Å². The van der Waals surface area contributed by atoms with Crippen molar-refractivity contribution in [2.45, 2.75) is 18.9 Å². The van der Waals surface area contributed by atoms with Gasteiger partial charge in [0.25, 0.3) is 0 Å². The number of carbonyl (C=O) groups is 1. The van der Waals surface area contributed by atoms with E-state index < -0.39 is 0 Å². The van der Waals surface area contributed by atoms with Crippen LogP contribution >= 0.6 is 0 Å². The zero-order valence-corrected chi connectivity index (χ0v) is 10.5. The van der Waals surface area contributed by atoms with E-state index in [9.17, 15) is 4.79 Å². The molecule has 0 heterocycles. The summed E-state index contributed by atoms with van der Waals surface area (Å²) in [7, 11) is 0. The van der Waals surface area contributed by atoms with E-state index in [-0.39, 0.29) is 5.54 Å². The molecule has 1 amide bonds. The lowest BCUT2D eigenvalue weighted by atomic mass is 9.86. The smallest absolute Gasteiger partial charge is 0.207 e. The van der Waals surface area contributed by atoms with Crippen LogP contribution < -0.4 is 5.32 Å². The standard InChI is InChI=1S/C16H17NO/c1-16(17-13-18,15-10-6-3-7-11-15)12-14-8-4-2-5-9-14/h2-11,13H,12H2,1H3,(H,17,18)/t16-/m1/s1. The van der Waals surface area contributed by atoms with Crippen LogP contribution in [0.25, 0.3) is 0 Å². The number of amides is 1. The minimum Gasteiger partial charge on any atom is -0.349 e. The second-order valence-electron chi connectivity index (χ2n) is 4.62. The van der Waals surface area contributed by atoms with Crippen LogP contribution in [0, 0.1) is 0 Å². The van der Waals surface area contributed by atoms with Gasteiger partial charge in [-0.1, -0.05) is 60.7 Å². The average Bonchev–Trinajstić information content (AvgIpc) is 2.41. The van der Waals surface area contributed by atoms with Crippen molar-refractivity contribution >= 4 is 6.41 Å². The Labute approximate surface area is 108 Å². The highest BCUT2D eigenvalue weighted by Crippen LogP contribution is 2.24. The number of nitrogens with one attached hydrogen (secondary N) is 1. The van der Waals surface area contributed by atoms with Gasteiger partial charge < -0.3 is 5.32 Å². The normalized spacial score (nSPS) is 13.6. The summed E-state index contributed by atoms with van der Waals surface area (Å²) in [6, 6.07) is 20.2. The molecule has 0 saturated heterocycles. The third kappa shape index (κ3) is 2.77. The molecule has 1 N–H and O–H groups in total. The molecule has 0 radical (unpaired) electrons.